The number of likely N-dealkylation sites (N-methyl/N-ethyl adjacent to an activating group) is 1. The molecule has 7 N–H and O–H groups in total. The third-order valence-electron chi connectivity index (χ3n) is 12.0. The molecule has 6 atom stereocenters. The molecule has 2 bridgehead atoms. The number of piperazine rings is 1. The normalized spacial score (nSPS) is 24.6. The number of carboxylic acid groups (broad SMARTS) is 1. The van der Waals surface area contributed by atoms with Crippen LogP contribution in [-0.4, -0.2) is 146 Å². The second-order valence-electron chi connectivity index (χ2n) is 15.5. The number of ether oxygens (including phenoxy) is 4. The van der Waals surface area contributed by atoms with Gasteiger partial charge in [-0.3, -0.25) is 29.1 Å². The van der Waals surface area contributed by atoms with E-state index in [1.807, 2.05) is 12.1 Å². The van der Waals surface area contributed by atoms with Crippen molar-refractivity contribution in [2.45, 2.75) is 75.5 Å². The number of allylic oxidation sites excluding steroid dienone is 1. The number of methoxy groups -OCH3 is 1. The van der Waals surface area contributed by atoms with E-state index >= 15 is 0 Å². The number of guanidine groups is 1. The number of carbonyl (C=O) groups excluding carboxylic acids is 5. The highest BCUT2D eigenvalue weighted by Gasteiger charge is 2.65. The smallest absolute Gasteiger partial charge is 0.415 e. The van der Waals surface area contributed by atoms with Crippen molar-refractivity contribution < 1.29 is 52.8 Å². The first-order chi connectivity index (χ1) is 27.8. The summed E-state index contributed by atoms with van der Waals surface area (Å²) in [4.78, 5) is 85.7. The summed E-state index contributed by atoms with van der Waals surface area (Å²) >= 11 is 0. The van der Waals surface area contributed by atoms with Gasteiger partial charge in [0.2, 0.25) is 11.8 Å². The molecule has 4 amide bonds. The molecule has 1 aromatic rings. The third-order valence-corrected chi connectivity index (χ3v) is 12.0. The molecule has 6 rings (SSSR count). The molecule has 1 spiro atoms. The Labute approximate surface area is 336 Å². The number of amides is 4. The van der Waals surface area contributed by atoms with E-state index in [0.29, 0.717) is 36.1 Å². The Kier molecular flexibility index (Phi) is 13.0. The zero-order chi connectivity index (χ0) is 41.7. The molecule has 0 radical (unpaired) electrons. The monoisotopic (exact) mass is 810 g/mol. The topological polar surface area (TPSA) is 258 Å². The summed E-state index contributed by atoms with van der Waals surface area (Å²) in [6.07, 6.45) is 2.07. The van der Waals surface area contributed by atoms with Crippen molar-refractivity contribution in [3.8, 4) is 11.5 Å². The number of aliphatic carboxylic acids is 1. The van der Waals surface area contributed by atoms with E-state index < -0.39 is 72.2 Å². The van der Waals surface area contributed by atoms with Crippen molar-refractivity contribution in [2.75, 3.05) is 66.6 Å². The maximum atomic E-state index is 14.3. The lowest BCUT2D eigenvalue weighted by Gasteiger charge is -2.56. The van der Waals surface area contributed by atoms with Gasteiger partial charge in [0.1, 0.15) is 12.2 Å². The van der Waals surface area contributed by atoms with Gasteiger partial charge in [-0.25, -0.2) is 9.59 Å². The van der Waals surface area contributed by atoms with Crippen LogP contribution in [0.2, 0.25) is 0 Å². The maximum absolute atomic E-state index is 14.3. The summed E-state index contributed by atoms with van der Waals surface area (Å²) in [5.74, 6) is -2.19. The van der Waals surface area contributed by atoms with Gasteiger partial charge in [-0.15, -0.1) is 0 Å². The Morgan fingerprint density at radius 1 is 1.10 bits per heavy atom. The molecular formula is C39H54N8O11. The standard InChI is InChI=1S/C39H54N8O11/c1-4-56-37(53)46-14-15-47(24(21-46)19-44-35(52)23(6-5-12-42-36(40)41)16-25(48)20-43-30(49)18-31(50)51)38(54)57-29-10-8-26-27-17-22-7-9-28(55-3)33-32(22)39(26,34(29)58-33)11-13-45(27)2/h7,9-10,23-24,26-27,34H,4-6,8,11-21H2,1-3H3,(H,43,49)(H,44,52)(H,50,51)(H4,40,41,42)/t23-,24+,26+,27-,34+,39+/m1/s1. The molecule has 3 heterocycles. The van der Waals surface area contributed by atoms with Crippen LogP contribution < -0.4 is 31.6 Å². The van der Waals surface area contributed by atoms with Gasteiger partial charge in [0, 0.05) is 62.1 Å². The predicted molar refractivity (Wildman–Crippen MR) is 207 cm³/mol. The number of hydrogen-bond donors (Lipinski definition) is 5. The SMILES string of the molecule is CCOC(=O)N1CCN(C(=O)OC2=CC[C@H]3[C@H]4Cc5ccc(OC)c6c5[C@@]3(CCN4C)[C@H]2O6)[C@@H](CNC(=O)[C@H](CCCN=C(N)N)CC(=O)CNC(=O)CC(=O)O)C1. The number of rotatable bonds is 16. The zero-order valence-electron chi connectivity index (χ0n) is 33.2. The van der Waals surface area contributed by atoms with E-state index in [0.717, 1.165) is 24.9 Å². The average Bonchev–Trinajstić information content (AvgIpc) is 3.54. The summed E-state index contributed by atoms with van der Waals surface area (Å²) in [6, 6.07) is 3.60. The fraction of sp³-hybridized carbons (Fsp3) is 0.615. The Morgan fingerprint density at radius 3 is 2.62 bits per heavy atom. The number of nitrogens with zero attached hydrogens (tertiary/aromatic N) is 4. The minimum atomic E-state index is -1.34. The zero-order valence-corrected chi connectivity index (χ0v) is 33.2. The van der Waals surface area contributed by atoms with Crippen molar-refractivity contribution in [2.24, 2.45) is 28.3 Å². The molecule has 1 aromatic carbocycles. The summed E-state index contributed by atoms with van der Waals surface area (Å²) in [5.41, 5.74) is 12.8. The van der Waals surface area contributed by atoms with E-state index in [4.69, 9.17) is 35.5 Å². The maximum Gasteiger partial charge on any atom is 0.415 e. The lowest BCUT2D eigenvalue weighted by molar-refractivity contribution is -0.141. The number of nitrogens with one attached hydrogen (secondary N) is 2. The Morgan fingerprint density at radius 2 is 1.90 bits per heavy atom. The molecule has 2 aliphatic carbocycles. The highest BCUT2D eigenvalue weighted by atomic mass is 16.6. The molecule has 5 aliphatic rings. The molecule has 316 valence electrons. The summed E-state index contributed by atoms with van der Waals surface area (Å²) < 4.78 is 24.0. The molecule has 2 fully saturated rings. The van der Waals surface area contributed by atoms with Crippen molar-refractivity contribution in [3.63, 3.8) is 0 Å². The lowest BCUT2D eigenvalue weighted by atomic mass is 9.53. The van der Waals surface area contributed by atoms with Crippen LogP contribution in [0.5, 0.6) is 11.5 Å². The van der Waals surface area contributed by atoms with Gasteiger partial charge in [0.25, 0.3) is 0 Å². The number of aliphatic imine (C=N–C) groups is 1. The van der Waals surface area contributed by atoms with E-state index in [-0.39, 0.29) is 64.0 Å². The van der Waals surface area contributed by atoms with Crippen LogP contribution >= 0.6 is 0 Å². The second-order valence-corrected chi connectivity index (χ2v) is 15.5. The number of piperidine rings is 1. The molecule has 58 heavy (non-hydrogen) atoms. The molecule has 19 heteroatoms. The van der Waals surface area contributed by atoms with E-state index in [1.54, 1.807) is 14.0 Å². The van der Waals surface area contributed by atoms with Crippen LogP contribution in [0.15, 0.2) is 29.0 Å². The largest absolute Gasteiger partial charge is 0.493 e. The number of carboxylic acids is 1. The third kappa shape index (κ3) is 8.63. The lowest BCUT2D eigenvalue weighted by Crippen LogP contribution is -2.64. The van der Waals surface area contributed by atoms with Gasteiger partial charge < -0.3 is 56.0 Å². The number of nitrogens with two attached hydrogens (primary N) is 2. The minimum absolute atomic E-state index is 0.0307. The van der Waals surface area contributed by atoms with Gasteiger partial charge in [-0.2, -0.15) is 0 Å². The first-order valence-electron chi connectivity index (χ1n) is 19.8. The molecular weight excluding hydrogens is 756 g/mol. The van der Waals surface area contributed by atoms with Crippen molar-refractivity contribution in [1.29, 1.82) is 0 Å². The van der Waals surface area contributed by atoms with Gasteiger partial charge in [-0.1, -0.05) is 6.07 Å². The predicted octanol–water partition coefficient (Wildman–Crippen LogP) is 0.473. The number of likely N-dealkylation sites (tertiary alicyclic amines) is 1. The Balaban J connectivity index is 1.18. The quantitative estimate of drug-likeness (QED) is 0.0659. The summed E-state index contributed by atoms with van der Waals surface area (Å²) in [5, 5.41) is 14.0. The molecule has 3 aliphatic heterocycles. The van der Waals surface area contributed by atoms with Crippen LogP contribution in [0, 0.1) is 11.8 Å². The summed E-state index contributed by atoms with van der Waals surface area (Å²) in [6.45, 7) is 2.63. The van der Waals surface area contributed by atoms with Gasteiger partial charge in [0.05, 0.1) is 26.3 Å². The highest BCUT2D eigenvalue weighted by molar-refractivity contribution is 5.96. The molecule has 0 unspecified atom stereocenters. The Hall–Kier alpha value is -5.59. The van der Waals surface area contributed by atoms with Crippen LogP contribution in [0.25, 0.3) is 0 Å². The van der Waals surface area contributed by atoms with Gasteiger partial charge >= 0.3 is 18.2 Å². The van der Waals surface area contributed by atoms with Crippen molar-refractivity contribution in [3.05, 3.63) is 35.1 Å². The first-order valence-corrected chi connectivity index (χ1v) is 19.8. The highest BCUT2D eigenvalue weighted by Crippen LogP contribution is 2.63. The van der Waals surface area contributed by atoms with Crippen LogP contribution in [0.1, 0.15) is 56.6 Å². The van der Waals surface area contributed by atoms with Crippen LogP contribution in [0.3, 0.4) is 0 Å². The summed E-state index contributed by atoms with van der Waals surface area (Å²) in [7, 11) is 3.77. The van der Waals surface area contributed by atoms with E-state index in [1.165, 1.54) is 15.4 Å². The molecule has 19 nitrogen and oxygen atoms in total. The number of benzene rings is 1. The number of Topliss-reactive ketones (excluding diaryl/α,β-unsaturated/α-hetero) is 1. The minimum Gasteiger partial charge on any atom is -0.493 e. The van der Waals surface area contributed by atoms with Crippen molar-refractivity contribution in [1.82, 2.24) is 25.3 Å². The first kappa shape index (κ1) is 42.0. The average molecular weight is 811 g/mol. The fourth-order valence-corrected chi connectivity index (χ4v) is 9.35. The number of hydrogen-bond acceptors (Lipinski definition) is 12. The second kappa shape index (κ2) is 17.9. The van der Waals surface area contributed by atoms with Crippen molar-refractivity contribution >= 4 is 41.7 Å². The molecule has 2 saturated heterocycles. The van der Waals surface area contributed by atoms with E-state index in [2.05, 4.69) is 33.6 Å². The van der Waals surface area contributed by atoms with E-state index in [9.17, 15) is 28.8 Å². The van der Waals surface area contributed by atoms with Gasteiger partial charge in [-0.05, 0) is 76.2 Å². The van der Waals surface area contributed by atoms with Gasteiger partial charge in [0.15, 0.2) is 29.3 Å². The fourth-order valence-electron chi connectivity index (χ4n) is 9.35. The van der Waals surface area contributed by atoms with Crippen LogP contribution in [0.4, 0.5) is 9.59 Å². The number of ketones is 1. The van der Waals surface area contributed by atoms with Crippen LogP contribution in [-0.2, 0) is 40.5 Å². The molecule has 0 aromatic heterocycles. The molecule has 0 saturated carbocycles. The Bertz CT molecular complexity index is 1850. The number of carbonyl (C=O) groups is 6.